The molecule has 1 rings (SSSR count). The third-order valence-corrected chi connectivity index (χ3v) is 2.45. The summed E-state index contributed by atoms with van der Waals surface area (Å²) >= 11 is 0. The Morgan fingerprint density at radius 3 is 2.65 bits per heavy atom. The molecule has 0 amide bonds. The van der Waals surface area contributed by atoms with Crippen molar-refractivity contribution >= 4 is 18.1 Å². The molecule has 0 spiro atoms. The SMILES string of the molecule is C=NN(CCF)C(=C)n1cnc(C(=C)C)c1C. The second-order valence-electron chi connectivity index (χ2n) is 3.70. The number of alkyl halides is 1. The molecular weight excluding hydrogens is 219 g/mol. The van der Waals surface area contributed by atoms with Crippen molar-refractivity contribution in [1.29, 1.82) is 0 Å². The Kier molecular flexibility index (Phi) is 4.20. The van der Waals surface area contributed by atoms with Gasteiger partial charge in [-0.25, -0.2) is 14.4 Å². The van der Waals surface area contributed by atoms with Crippen molar-refractivity contribution < 1.29 is 4.39 Å². The van der Waals surface area contributed by atoms with Crippen LogP contribution in [0.1, 0.15) is 18.3 Å². The lowest BCUT2D eigenvalue weighted by Gasteiger charge is -2.20. The maximum Gasteiger partial charge on any atom is 0.127 e. The quantitative estimate of drug-likeness (QED) is 0.561. The molecule has 92 valence electrons. The second kappa shape index (κ2) is 5.43. The van der Waals surface area contributed by atoms with Crippen molar-refractivity contribution in [2.45, 2.75) is 13.8 Å². The van der Waals surface area contributed by atoms with Crippen LogP contribution in [-0.2, 0) is 0 Å². The van der Waals surface area contributed by atoms with Crippen LogP contribution in [-0.4, -0.2) is 34.5 Å². The molecule has 4 nitrogen and oxygen atoms in total. The summed E-state index contributed by atoms with van der Waals surface area (Å²) in [4.78, 5) is 4.23. The lowest BCUT2D eigenvalue weighted by Crippen LogP contribution is -2.21. The van der Waals surface area contributed by atoms with E-state index >= 15 is 0 Å². The Balaban J connectivity index is 3.04. The third-order valence-electron chi connectivity index (χ3n) is 2.45. The fourth-order valence-electron chi connectivity index (χ4n) is 1.57. The number of hydrazone groups is 1. The number of rotatable bonds is 6. The van der Waals surface area contributed by atoms with E-state index in [1.807, 2.05) is 13.8 Å². The van der Waals surface area contributed by atoms with E-state index in [-0.39, 0.29) is 6.54 Å². The zero-order chi connectivity index (χ0) is 13.0. The number of allylic oxidation sites excluding steroid dienone is 1. The zero-order valence-electron chi connectivity index (χ0n) is 10.3. The van der Waals surface area contributed by atoms with Gasteiger partial charge in [-0.1, -0.05) is 13.2 Å². The van der Waals surface area contributed by atoms with Gasteiger partial charge in [-0.2, -0.15) is 5.10 Å². The molecule has 0 aliphatic heterocycles. The topological polar surface area (TPSA) is 33.4 Å². The summed E-state index contributed by atoms with van der Waals surface area (Å²) in [6.45, 7) is 14.5. The van der Waals surface area contributed by atoms with Gasteiger partial charge < -0.3 is 0 Å². The van der Waals surface area contributed by atoms with Crippen LogP contribution in [0.4, 0.5) is 4.39 Å². The highest BCUT2D eigenvalue weighted by Gasteiger charge is 2.13. The van der Waals surface area contributed by atoms with Gasteiger partial charge in [0, 0.05) is 12.4 Å². The third kappa shape index (κ3) is 2.61. The summed E-state index contributed by atoms with van der Waals surface area (Å²) in [6, 6.07) is 0. The van der Waals surface area contributed by atoms with Crippen LogP contribution in [0.5, 0.6) is 0 Å². The molecule has 0 saturated heterocycles. The highest BCUT2D eigenvalue weighted by Crippen LogP contribution is 2.19. The molecule has 1 aromatic heterocycles. The van der Waals surface area contributed by atoms with Crippen molar-refractivity contribution in [3.05, 3.63) is 30.9 Å². The fourth-order valence-corrected chi connectivity index (χ4v) is 1.57. The van der Waals surface area contributed by atoms with E-state index in [1.54, 1.807) is 10.9 Å². The molecule has 0 unspecified atom stereocenters. The number of hydrogen-bond donors (Lipinski definition) is 0. The highest BCUT2D eigenvalue weighted by molar-refractivity contribution is 5.61. The van der Waals surface area contributed by atoms with Crippen molar-refractivity contribution in [2.24, 2.45) is 5.10 Å². The van der Waals surface area contributed by atoms with Crippen LogP contribution in [0.2, 0.25) is 0 Å². The molecular formula is C12H17FN4. The van der Waals surface area contributed by atoms with Crippen molar-refractivity contribution in [3.63, 3.8) is 0 Å². The zero-order valence-corrected chi connectivity index (χ0v) is 10.3. The highest BCUT2D eigenvalue weighted by atomic mass is 19.1. The first-order chi connectivity index (χ1) is 8.02. The lowest BCUT2D eigenvalue weighted by atomic mass is 10.2. The van der Waals surface area contributed by atoms with Crippen LogP contribution in [0.25, 0.3) is 11.4 Å². The van der Waals surface area contributed by atoms with Gasteiger partial charge in [-0.3, -0.25) is 4.57 Å². The summed E-state index contributed by atoms with van der Waals surface area (Å²) in [6.07, 6.45) is 1.62. The van der Waals surface area contributed by atoms with Crippen molar-refractivity contribution in [2.75, 3.05) is 13.2 Å². The van der Waals surface area contributed by atoms with Crippen LogP contribution in [0, 0.1) is 6.92 Å². The number of nitrogens with zero attached hydrogens (tertiary/aromatic N) is 4. The summed E-state index contributed by atoms with van der Waals surface area (Å²) in [7, 11) is 0. The van der Waals surface area contributed by atoms with E-state index in [9.17, 15) is 4.39 Å². The summed E-state index contributed by atoms with van der Waals surface area (Å²) in [5.41, 5.74) is 2.59. The Hall–Kier alpha value is -1.91. The van der Waals surface area contributed by atoms with E-state index in [4.69, 9.17) is 0 Å². The second-order valence-corrected chi connectivity index (χ2v) is 3.70. The predicted molar refractivity (Wildman–Crippen MR) is 69.2 cm³/mol. The van der Waals surface area contributed by atoms with Crippen molar-refractivity contribution in [1.82, 2.24) is 14.6 Å². The summed E-state index contributed by atoms with van der Waals surface area (Å²) in [5.74, 6) is 0.523. The monoisotopic (exact) mass is 236 g/mol. The molecule has 0 saturated carbocycles. The maximum atomic E-state index is 12.3. The molecule has 17 heavy (non-hydrogen) atoms. The lowest BCUT2D eigenvalue weighted by molar-refractivity contribution is 0.343. The molecule has 1 aromatic rings. The molecule has 0 radical (unpaired) electrons. The normalized spacial score (nSPS) is 10.1. The molecule has 0 aliphatic carbocycles. The first-order valence-corrected chi connectivity index (χ1v) is 5.22. The van der Waals surface area contributed by atoms with Crippen molar-refractivity contribution in [3.8, 4) is 0 Å². The minimum atomic E-state index is -0.515. The Morgan fingerprint density at radius 2 is 2.24 bits per heavy atom. The average Bonchev–Trinajstić information content (AvgIpc) is 2.67. The fraction of sp³-hybridized carbons (Fsp3) is 0.333. The molecule has 1 heterocycles. The number of aromatic nitrogens is 2. The van der Waals surface area contributed by atoms with Crippen LogP contribution < -0.4 is 0 Å². The average molecular weight is 236 g/mol. The van der Waals surface area contributed by atoms with Gasteiger partial charge in [0.25, 0.3) is 0 Å². The van der Waals surface area contributed by atoms with Crippen LogP contribution in [0.15, 0.2) is 24.6 Å². The Morgan fingerprint density at radius 1 is 1.59 bits per heavy atom. The van der Waals surface area contributed by atoms with Gasteiger partial charge in [-0.15, -0.1) is 0 Å². The molecule has 0 bridgehead atoms. The van der Waals surface area contributed by atoms with E-state index in [0.717, 1.165) is 17.0 Å². The van der Waals surface area contributed by atoms with Gasteiger partial charge in [0.05, 0.1) is 12.2 Å². The first-order valence-electron chi connectivity index (χ1n) is 5.22. The van der Waals surface area contributed by atoms with Gasteiger partial charge in [-0.05, 0) is 19.4 Å². The maximum absolute atomic E-state index is 12.3. The smallest absolute Gasteiger partial charge is 0.127 e. The summed E-state index contributed by atoms with van der Waals surface area (Å²) < 4.78 is 14.1. The van der Waals surface area contributed by atoms with Crippen LogP contribution in [0.3, 0.4) is 0 Å². The minimum Gasteiger partial charge on any atom is -0.288 e. The van der Waals surface area contributed by atoms with E-state index in [2.05, 4.69) is 30.0 Å². The molecule has 0 fully saturated rings. The van der Waals surface area contributed by atoms with Gasteiger partial charge in [0.15, 0.2) is 0 Å². The minimum absolute atomic E-state index is 0.127. The predicted octanol–water partition coefficient (Wildman–Crippen LogP) is 2.54. The van der Waals surface area contributed by atoms with Gasteiger partial charge in [0.1, 0.15) is 18.8 Å². The summed E-state index contributed by atoms with van der Waals surface area (Å²) in [5, 5.41) is 5.12. The molecule has 5 heteroatoms. The van der Waals surface area contributed by atoms with Crippen LogP contribution >= 0.6 is 0 Å². The van der Waals surface area contributed by atoms with E-state index in [1.165, 1.54) is 5.01 Å². The molecule has 0 N–H and O–H groups in total. The Bertz CT molecular complexity index is 447. The Labute approximate surface area is 101 Å². The van der Waals surface area contributed by atoms with E-state index in [0.29, 0.717) is 5.82 Å². The van der Waals surface area contributed by atoms with E-state index < -0.39 is 6.67 Å². The molecule has 0 aliphatic rings. The first kappa shape index (κ1) is 13.2. The standard InChI is InChI=1S/C12H17FN4/c1-9(2)12-10(3)16(8-15-12)11(4)17(14-5)7-6-13/h8H,1,4-7H2,2-3H3. The molecule has 0 aromatic carbocycles. The largest absolute Gasteiger partial charge is 0.288 e. The number of imidazole rings is 1. The number of hydrogen-bond acceptors (Lipinski definition) is 3. The van der Waals surface area contributed by atoms with Gasteiger partial charge in [0.2, 0.25) is 0 Å². The molecule has 0 atom stereocenters. The van der Waals surface area contributed by atoms with Gasteiger partial charge >= 0.3 is 0 Å². The number of halogens is 1.